The molecule has 0 aliphatic rings. The topological polar surface area (TPSA) is 105 Å². The number of hydrogen-bond donors (Lipinski definition) is 1. The van der Waals surface area contributed by atoms with Gasteiger partial charge in [0.2, 0.25) is 27.6 Å². The molecule has 1 aromatic heterocycles. The summed E-state index contributed by atoms with van der Waals surface area (Å²) in [6.07, 6.45) is 1.07. The molecule has 1 heterocycles. The van der Waals surface area contributed by atoms with Crippen LogP contribution in [-0.4, -0.2) is 36.8 Å². The second-order valence-corrected chi connectivity index (χ2v) is 9.03. The molecule has 9 heteroatoms. The van der Waals surface area contributed by atoms with Crippen molar-refractivity contribution in [3.63, 3.8) is 0 Å². The van der Waals surface area contributed by atoms with Crippen molar-refractivity contribution in [2.45, 2.75) is 33.4 Å². The third kappa shape index (κ3) is 5.04. The Morgan fingerprint density at radius 2 is 1.83 bits per heavy atom. The van der Waals surface area contributed by atoms with Crippen molar-refractivity contribution in [1.29, 1.82) is 0 Å². The molecule has 0 spiro atoms. The number of nitrogens with one attached hydrogen (secondary N) is 1. The Morgan fingerprint density at radius 1 is 1.13 bits per heavy atom. The fourth-order valence-electron chi connectivity index (χ4n) is 3.03. The van der Waals surface area contributed by atoms with Crippen LogP contribution in [0, 0.1) is 13.8 Å². The van der Waals surface area contributed by atoms with Gasteiger partial charge in [0, 0.05) is 5.56 Å². The molecule has 3 aromatic rings. The number of aromatic nitrogens is 2. The van der Waals surface area contributed by atoms with Crippen molar-refractivity contribution >= 4 is 21.6 Å². The molecule has 8 nitrogen and oxygen atoms in total. The van der Waals surface area contributed by atoms with Crippen LogP contribution in [0.4, 0.5) is 5.69 Å². The molecule has 0 radical (unpaired) electrons. The second-order valence-electron chi connectivity index (χ2n) is 7.17. The maximum atomic E-state index is 12.7. The molecule has 3 rings (SSSR count). The third-order valence-corrected chi connectivity index (χ3v) is 5.78. The van der Waals surface area contributed by atoms with E-state index in [2.05, 4.69) is 15.5 Å². The fraction of sp³-hybridized carbons (Fsp3) is 0.286. The summed E-state index contributed by atoms with van der Waals surface area (Å²) < 4.78 is 31.0. The molecule has 1 atom stereocenters. The Kier molecular flexibility index (Phi) is 6.21. The minimum absolute atomic E-state index is 0.00649. The number of hydrogen-bond acceptors (Lipinski definition) is 6. The Bertz CT molecular complexity index is 1140. The van der Waals surface area contributed by atoms with E-state index in [1.807, 2.05) is 44.2 Å². The molecular weight excluding hydrogens is 404 g/mol. The van der Waals surface area contributed by atoms with Gasteiger partial charge in [0.25, 0.3) is 0 Å². The molecule has 158 valence electrons. The summed E-state index contributed by atoms with van der Waals surface area (Å²) in [5.41, 5.74) is 3.24. The van der Waals surface area contributed by atoms with Crippen LogP contribution in [0.3, 0.4) is 0 Å². The Hall–Kier alpha value is -3.20. The molecular formula is C21H24N4O4S. The van der Waals surface area contributed by atoms with Crippen LogP contribution in [0.25, 0.3) is 11.4 Å². The summed E-state index contributed by atoms with van der Waals surface area (Å²) in [5, 5.41) is 6.60. The first-order valence-corrected chi connectivity index (χ1v) is 11.2. The van der Waals surface area contributed by atoms with Crippen LogP contribution in [0.5, 0.6) is 0 Å². The van der Waals surface area contributed by atoms with Crippen molar-refractivity contribution in [1.82, 2.24) is 15.5 Å². The normalized spacial score (nSPS) is 12.4. The first kappa shape index (κ1) is 21.5. The van der Waals surface area contributed by atoms with Crippen LogP contribution in [0.2, 0.25) is 0 Å². The molecule has 0 saturated heterocycles. The fourth-order valence-corrected chi connectivity index (χ4v) is 4.20. The van der Waals surface area contributed by atoms with Gasteiger partial charge >= 0.3 is 0 Å². The summed E-state index contributed by atoms with van der Waals surface area (Å²) in [6.45, 7) is 5.37. The highest BCUT2D eigenvalue weighted by molar-refractivity contribution is 7.92. The van der Waals surface area contributed by atoms with E-state index in [0.29, 0.717) is 11.5 Å². The average molecular weight is 429 g/mol. The summed E-state index contributed by atoms with van der Waals surface area (Å²) in [4.78, 5) is 17.0. The number of rotatable bonds is 7. The van der Waals surface area contributed by atoms with Gasteiger partial charge in [-0.15, -0.1) is 0 Å². The highest BCUT2D eigenvalue weighted by Crippen LogP contribution is 2.22. The second kappa shape index (κ2) is 8.66. The SMILES string of the molecule is Cc1ccc(-c2noc(CNC(=O)[C@H](C)N(c3cccc(C)c3)S(C)(=O)=O)n2)cc1. The number of aryl methyl sites for hydroxylation is 2. The standard InChI is InChI=1S/C21H24N4O4S/c1-14-8-10-17(11-9-14)20-23-19(29-24-20)13-22-21(26)16(3)25(30(4,27)28)18-7-5-6-15(2)12-18/h5-12,16H,13H2,1-4H3,(H,22,26)/t16-/m0/s1. The zero-order chi connectivity index (χ0) is 21.9. The first-order chi connectivity index (χ1) is 14.1. The summed E-state index contributed by atoms with van der Waals surface area (Å²) in [5.74, 6) is 0.175. The van der Waals surface area contributed by atoms with E-state index in [-0.39, 0.29) is 12.4 Å². The summed E-state index contributed by atoms with van der Waals surface area (Å²) >= 11 is 0. The van der Waals surface area contributed by atoms with E-state index in [1.54, 1.807) is 18.2 Å². The lowest BCUT2D eigenvalue weighted by atomic mass is 10.1. The lowest BCUT2D eigenvalue weighted by molar-refractivity contribution is -0.122. The average Bonchev–Trinajstić information content (AvgIpc) is 3.14. The lowest BCUT2D eigenvalue weighted by Crippen LogP contribution is -2.47. The van der Waals surface area contributed by atoms with E-state index in [1.165, 1.54) is 6.92 Å². The number of benzene rings is 2. The number of sulfonamides is 1. The van der Waals surface area contributed by atoms with Gasteiger partial charge in [-0.25, -0.2) is 8.42 Å². The van der Waals surface area contributed by atoms with E-state index in [0.717, 1.165) is 27.3 Å². The van der Waals surface area contributed by atoms with Crippen LogP contribution >= 0.6 is 0 Å². The molecule has 1 amide bonds. The Labute approximate surface area is 176 Å². The molecule has 0 aliphatic heterocycles. The lowest BCUT2D eigenvalue weighted by Gasteiger charge is -2.28. The van der Waals surface area contributed by atoms with Gasteiger partial charge < -0.3 is 9.84 Å². The van der Waals surface area contributed by atoms with E-state index < -0.39 is 22.0 Å². The number of anilines is 1. The Morgan fingerprint density at radius 3 is 2.47 bits per heavy atom. The molecule has 0 fully saturated rings. The largest absolute Gasteiger partial charge is 0.345 e. The van der Waals surface area contributed by atoms with Gasteiger partial charge in [0.05, 0.1) is 18.5 Å². The quantitative estimate of drug-likeness (QED) is 0.620. The molecule has 2 aromatic carbocycles. The van der Waals surface area contributed by atoms with Crippen LogP contribution in [0.15, 0.2) is 53.1 Å². The number of carbonyl (C=O) groups excluding carboxylic acids is 1. The maximum Gasteiger partial charge on any atom is 0.246 e. The smallest absolute Gasteiger partial charge is 0.246 e. The van der Waals surface area contributed by atoms with Crippen molar-refractivity contribution in [2.24, 2.45) is 0 Å². The first-order valence-electron chi connectivity index (χ1n) is 9.38. The molecule has 30 heavy (non-hydrogen) atoms. The third-order valence-electron chi connectivity index (χ3n) is 4.54. The van der Waals surface area contributed by atoms with Gasteiger partial charge in [0.1, 0.15) is 6.04 Å². The minimum Gasteiger partial charge on any atom is -0.345 e. The van der Waals surface area contributed by atoms with E-state index >= 15 is 0 Å². The number of amides is 1. The molecule has 1 N–H and O–H groups in total. The maximum absolute atomic E-state index is 12.7. The zero-order valence-corrected chi connectivity index (χ0v) is 18.1. The van der Waals surface area contributed by atoms with Crippen molar-refractivity contribution < 1.29 is 17.7 Å². The van der Waals surface area contributed by atoms with Gasteiger partial charge in [-0.2, -0.15) is 4.98 Å². The van der Waals surface area contributed by atoms with Crippen LogP contribution in [-0.2, 0) is 21.4 Å². The van der Waals surface area contributed by atoms with E-state index in [4.69, 9.17) is 4.52 Å². The Balaban J connectivity index is 1.71. The zero-order valence-electron chi connectivity index (χ0n) is 17.3. The van der Waals surface area contributed by atoms with Crippen LogP contribution < -0.4 is 9.62 Å². The van der Waals surface area contributed by atoms with Crippen LogP contribution in [0.1, 0.15) is 23.9 Å². The van der Waals surface area contributed by atoms with Crippen molar-refractivity contribution in [3.05, 3.63) is 65.5 Å². The van der Waals surface area contributed by atoms with Gasteiger partial charge in [-0.1, -0.05) is 47.1 Å². The molecule has 0 saturated carbocycles. The van der Waals surface area contributed by atoms with E-state index in [9.17, 15) is 13.2 Å². The predicted octanol–water partition coefficient (Wildman–Crippen LogP) is 2.82. The number of carbonyl (C=O) groups is 1. The molecule has 0 aliphatic carbocycles. The highest BCUT2D eigenvalue weighted by Gasteiger charge is 2.29. The predicted molar refractivity (Wildman–Crippen MR) is 114 cm³/mol. The van der Waals surface area contributed by atoms with Gasteiger partial charge in [-0.05, 0) is 38.5 Å². The number of nitrogens with zero attached hydrogens (tertiary/aromatic N) is 3. The van der Waals surface area contributed by atoms with Gasteiger partial charge in [0.15, 0.2) is 0 Å². The van der Waals surface area contributed by atoms with Crippen molar-refractivity contribution in [2.75, 3.05) is 10.6 Å². The highest BCUT2D eigenvalue weighted by atomic mass is 32.2. The minimum atomic E-state index is -3.68. The molecule has 0 unspecified atom stereocenters. The summed E-state index contributed by atoms with van der Waals surface area (Å²) in [6, 6.07) is 13.7. The summed E-state index contributed by atoms with van der Waals surface area (Å²) in [7, 11) is -3.68. The van der Waals surface area contributed by atoms with Crippen molar-refractivity contribution in [3.8, 4) is 11.4 Å². The monoisotopic (exact) mass is 428 g/mol. The molecule has 0 bridgehead atoms. The van der Waals surface area contributed by atoms with Gasteiger partial charge in [-0.3, -0.25) is 9.10 Å².